The number of carbonyl (C=O) groups excluding carboxylic acids is 1. The Kier molecular flexibility index (Phi) is 5.04. The van der Waals surface area contributed by atoms with Crippen LogP contribution in [0, 0.1) is 27.2 Å². The Morgan fingerprint density at radius 3 is 2.64 bits per heavy atom. The normalized spacial score (nSPS) is 10.6. The average Bonchev–Trinajstić information content (AvgIpc) is 3.24. The Morgan fingerprint density at radius 1 is 1.29 bits per heavy atom. The number of nitrogens with zero attached hydrogens (tertiary/aromatic N) is 5. The maximum atomic E-state index is 12.6. The summed E-state index contributed by atoms with van der Waals surface area (Å²) in [6.07, 6.45) is 1.39. The summed E-state index contributed by atoms with van der Waals surface area (Å²) in [6.45, 7) is 1.59. The van der Waals surface area contributed by atoms with Crippen LogP contribution in [0.25, 0.3) is 0 Å². The minimum absolute atomic E-state index is 0.0138. The number of nitro benzene ring substituents is 1. The van der Waals surface area contributed by atoms with Gasteiger partial charge in [-0.3, -0.25) is 14.9 Å². The van der Waals surface area contributed by atoms with Crippen LogP contribution in [0.4, 0.5) is 17.2 Å². The highest BCUT2D eigenvalue weighted by Gasteiger charge is 2.23. The van der Waals surface area contributed by atoms with E-state index in [4.69, 9.17) is 16.1 Å². The molecule has 3 aromatic rings. The minimum atomic E-state index is -0.663. The number of nitrogens with one attached hydrogen (secondary N) is 1. The van der Waals surface area contributed by atoms with E-state index in [0.29, 0.717) is 11.3 Å². The number of anilines is 1. The van der Waals surface area contributed by atoms with Gasteiger partial charge in [0.15, 0.2) is 5.69 Å². The summed E-state index contributed by atoms with van der Waals surface area (Å²) in [5.74, 6) is -0.667. The molecule has 0 spiro atoms. The third-order valence-electron chi connectivity index (χ3n) is 3.75. The maximum absolute atomic E-state index is 12.6. The largest absolute Gasteiger partial charge is 0.389 e. The fourth-order valence-electron chi connectivity index (χ4n) is 2.35. The number of aryl methyl sites for hydroxylation is 1. The van der Waals surface area contributed by atoms with Crippen molar-refractivity contribution in [2.24, 2.45) is 0 Å². The van der Waals surface area contributed by atoms with Gasteiger partial charge in [-0.25, -0.2) is 0 Å². The molecule has 0 saturated heterocycles. The van der Waals surface area contributed by atoms with Crippen molar-refractivity contribution in [2.75, 3.05) is 5.32 Å². The molecule has 2 aromatic heterocycles. The van der Waals surface area contributed by atoms with Gasteiger partial charge in [0.25, 0.3) is 11.6 Å². The zero-order valence-corrected chi connectivity index (χ0v) is 14.9. The van der Waals surface area contributed by atoms with Crippen LogP contribution >= 0.6 is 11.6 Å². The second kappa shape index (κ2) is 7.44. The van der Waals surface area contributed by atoms with E-state index in [2.05, 4.69) is 15.6 Å². The van der Waals surface area contributed by atoms with Crippen molar-refractivity contribution < 1.29 is 19.2 Å². The molecular weight excluding hydrogens is 396 g/mol. The molecule has 1 aromatic carbocycles. The SMILES string of the molecule is Cc1onc(C(=O)Nc2ccc([N+](=O)[O-])cc2Cl)c1Cn1ccc([N+](=O)[O-])n1. The Hall–Kier alpha value is -3.80. The average molecular weight is 407 g/mol. The highest BCUT2D eigenvalue weighted by molar-refractivity contribution is 6.34. The molecule has 1 N–H and O–H groups in total. The molecule has 0 fully saturated rings. The predicted molar refractivity (Wildman–Crippen MR) is 95.3 cm³/mol. The first-order chi connectivity index (χ1) is 13.3. The quantitative estimate of drug-likeness (QED) is 0.482. The summed E-state index contributed by atoms with van der Waals surface area (Å²) in [5.41, 5.74) is 0.235. The molecule has 1 amide bonds. The molecule has 0 saturated carbocycles. The topological polar surface area (TPSA) is 159 Å². The molecule has 0 unspecified atom stereocenters. The molecule has 2 heterocycles. The first-order valence-electron chi connectivity index (χ1n) is 7.64. The summed E-state index contributed by atoms with van der Waals surface area (Å²) < 4.78 is 6.32. The number of hydrogen-bond acceptors (Lipinski definition) is 8. The monoisotopic (exact) mass is 406 g/mol. The lowest BCUT2D eigenvalue weighted by atomic mass is 10.1. The maximum Gasteiger partial charge on any atom is 0.389 e. The molecule has 13 heteroatoms. The van der Waals surface area contributed by atoms with Gasteiger partial charge in [-0.15, -0.1) is 0 Å². The van der Waals surface area contributed by atoms with E-state index in [9.17, 15) is 25.0 Å². The molecule has 0 bridgehead atoms. The van der Waals surface area contributed by atoms with Gasteiger partial charge in [-0.1, -0.05) is 16.8 Å². The van der Waals surface area contributed by atoms with E-state index in [-0.39, 0.29) is 34.5 Å². The lowest BCUT2D eigenvalue weighted by molar-refractivity contribution is -0.389. The van der Waals surface area contributed by atoms with Crippen LogP contribution in [0.1, 0.15) is 21.8 Å². The second-order valence-electron chi connectivity index (χ2n) is 5.57. The number of non-ortho nitro benzene ring substituents is 1. The van der Waals surface area contributed by atoms with Crippen molar-refractivity contribution in [3.05, 3.63) is 72.7 Å². The third kappa shape index (κ3) is 3.81. The number of amides is 1. The molecule has 0 radical (unpaired) electrons. The first-order valence-corrected chi connectivity index (χ1v) is 8.02. The van der Waals surface area contributed by atoms with Crippen molar-refractivity contribution in [3.8, 4) is 0 Å². The van der Waals surface area contributed by atoms with Gasteiger partial charge in [0, 0.05) is 12.1 Å². The van der Waals surface area contributed by atoms with Gasteiger partial charge in [0.2, 0.25) is 0 Å². The standard InChI is InChI=1S/C15H11ClN6O6/c1-8-10(7-20-5-4-13(18-20)22(26)27)14(19-28-8)15(23)17-12-3-2-9(21(24)25)6-11(12)16/h2-6H,7H2,1H3,(H,17,23). The molecule has 0 aliphatic carbocycles. The summed E-state index contributed by atoms with van der Waals surface area (Å²) in [4.78, 5) is 32.8. The highest BCUT2D eigenvalue weighted by Crippen LogP contribution is 2.27. The van der Waals surface area contributed by atoms with E-state index in [0.717, 1.165) is 6.07 Å². The Morgan fingerprint density at radius 2 is 2.04 bits per heavy atom. The second-order valence-corrected chi connectivity index (χ2v) is 5.98. The van der Waals surface area contributed by atoms with E-state index < -0.39 is 15.8 Å². The molecule has 0 aliphatic heterocycles. The van der Waals surface area contributed by atoms with Gasteiger partial charge < -0.3 is 20.0 Å². The van der Waals surface area contributed by atoms with E-state index in [1.54, 1.807) is 6.92 Å². The van der Waals surface area contributed by atoms with Crippen molar-refractivity contribution >= 4 is 34.7 Å². The van der Waals surface area contributed by atoms with Crippen molar-refractivity contribution in [1.29, 1.82) is 0 Å². The molecule has 3 rings (SSSR count). The first kappa shape index (κ1) is 19.0. The van der Waals surface area contributed by atoms with Crippen LogP contribution in [0.5, 0.6) is 0 Å². The molecular formula is C15H11ClN6O6. The third-order valence-corrected chi connectivity index (χ3v) is 4.06. The lowest BCUT2D eigenvalue weighted by Crippen LogP contribution is -2.16. The van der Waals surface area contributed by atoms with Gasteiger partial charge >= 0.3 is 5.82 Å². The minimum Gasteiger partial charge on any atom is -0.361 e. The highest BCUT2D eigenvalue weighted by atomic mass is 35.5. The Bertz CT molecular complexity index is 1090. The number of aromatic nitrogens is 3. The number of hydrogen-bond donors (Lipinski definition) is 1. The number of carbonyl (C=O) groups is 1. The summed E-state index contributed by atoms with van der Waals surface area (Å²) in [7, 11) is 0. The Labute approximate surface area is 161 Å². The fourth-order valence-corrected chi connectivity index (χ4v) is 2.58. The molecule has 0 aliphatic rings. The van der Waals surface area contributed by atoms with E-state index in [1.165, 1.54) is 29.1 Å². The van der Waals surface area contributed by atoms with Crippen LogP contribution in [0.2, 0.25) is 5.02 Å². The molecule has 0 atom stereocenters. The van der Waals surface area contributed by atoms with Gasteiger partial charge in [-0.2, -0.15) is 4.68 Å². The van der Waals surface area contributed by atoms with Crippen LogP contribution in [-0.2, 0) is 6.54 Å². The zero-order valence-electron chi connectivity index (χ0n) is 14.2. The van der Waals surface area contributed by atoms with Gasteiger partial charge in [0.1, 0.15) is 5.76 Å². The van der Waals surface area contributed by atoms with Crippen LogP contribution in [0.15, 0.2) is 35.0 Å². The lowest BCUT2D eigenvalue weighted by Gasteiger charge is -2.06. The number of benzene rings is 1. The van der Waals surface area contributed by atoms with Crippen molar-refractivity contribution in [1.82, 2.24) is 14.9 Å². The summed E-state index contributed by atoms with van der Waals surface area (Å²) in [5, 5.41) is 31.5. The van der Waals surface area contributed by atoms with E-state index >= 15 is 0 Å². The molecule has 144 valence electrons. The number of halogens is 1. The van der Waals surface area contributed by atoms with Crippen LogP contribution in [0.3, 0.4) is 0 Å². The molecule has 12 nitrogen and oxygen atoms in total. The van der Waals surface area contributed by atoms with Crippen molar-refractivity contribution in [3.63, 3.8) is 0 Å². The van der Waals surface area contributed by atoms with Crippen LogP contribution < -0.4 is 5.32 Å². The van der Waals surface area contributed by atoms with E-state index in [1.807, 2.05) is 0 Å². The van der Waals surface area contributed by atoms with Gasteiger partial charge in [-0.05, 0) is 17.9 Å². The smallest absolute Gasteiger partial charge is 0.361 e. The summed E-state index contributed by atoms with van der Waals surface area (Å²) in [6, 6.07) is 4.81. The van der Waals surface area contributed by atoms with Crippen LogP contribution in [-0.4, -0.2) is 30.7 Å². The van der Waals surface area contributed by atoms with Crippen molar-refractivity contribution in [2.45, 2.75) is 13.5 Å². The predicted octanol–water partition coefficient (Wildman–Crippen LogP) is 2.95. The van der Waals surface area contributed by atoms with Gasteiger partial charge in [0.05, 0.1) is 45.1 Å². The number of rotatable bonds is 6. The fraction of sp³-hybridized carbons (Fsp3) is 0.133. The summed E-state index contributed by atoms with van der Waals surface area (Å²) >= 11 is 5.97. The zero-order chi connectivity index (χ0) is 20.4. The Balaban J connectivity index is 1.83. The number of nitro groups is 2. The molecule has 28 heavy (non-hydrogen) atoms.